The molecule has 2 aromatic carbocycles. The fourth-order valence-corrected chi connectivity index (χ4v) is 4.60. The van der Waals surface area contributed by atoms with Gasteiger partial charge in [0.05, 0.1) is 24.7 Å². The fraction of sp³-hybridized carbons (Fsp3) is 0.400. The molecule has 3 N–H and O–H groups in total. The maximum absolute atomic E-state index is 12.8. The minimum absolute atomic E-state index is 0.0132. The minimum atomic E-state index is -2.90. The molecule has 186 valence electrons. The van der Waals surface area contributed by atoms with E-state index >= 15 is 0 Å². The van der Waals surface area contributed by atoms with Crippen LogP contribution in [0, 0.1) is 5.41 Å². The summed E-state index contributed by atoms with van der Waals surface area (Å²) in [6.45, 7) is 1.42. The van der Waals surface area contributed by atoms with Gasteiger partial charge in [-0.25, -0.2) is 18.4 Å². The first kappa shape index (κ1) is 24.6. The number of aliphatic carboxylic acids is 1. The number of fused-ring (bicyclic) bond motifs is 3. The van der Waals surface area contributed by atoms with E-state index < -0.39 is 48.3 Å². The van der Waals surface area contributed by atoms with Crippen molar-refractivity contribution < 1.29 is 37.7 Å². The number of carboxylic acids is 1. The van der Waals surface area contributed by atoms with Crippen molar-refractivity contribution in [1.29, 1.82) is 0 Å². The average molecular weight is 488 g/mol. The molecule has 1 saturated heterocycles. The zero-order chi connectivity index (χ0) is 25.2. The third-order valence-electron chi connectivity index (χ3n) is 6.63. The van der Waals surface area contributed by atoms with E-state index in [-0.39, 0.29) is 25.7 Å². The fourth-order valence-electron chi connectivity index (χ4n) is 4.60. The van der Waals surface area contributed by atoms with Crippen LogP contribution in [0.1, 0.15) is 30.4 Å². The molecular formula is C25H26F2N2O6. The topological polar surface area (TPSA) is 114 Å². The highest BCUT2D eigenvalue weighted by atomic mass is 19.3. The Balaban J connectivity index is 1.40. The first-order valence-corrected chi connectivity index (χ1v) is 11.2. The van der Waals surface area contributed by atoms with Crippen molar-refractivity contribution in [3.05, 3.63) is 59.7 Å². The second-order valence-corrected chi connectivity index (χ2v) is 8.95. The van der Waals surface area contributed by atoms with Crippen molar-refractivity contribution in [2.45, 2.75) is 37.8 Å². The van der Waals surface area contributed by atoms with Crippen molar-refractivity contribution >= 4 is 18.0 Å². The van der Waals surface area contributed by atoms with Crippen LogP contribution >= 0.6 is 0 Å². The highest BCUT2D eigenvalue weighted by molar-refractivity contribution is 5.88. The summed E-state index contributed by atoms with van der Waals surface area (Å²) in [6.07, 6.45) is -4.69. The maximum Gasteiger partial charge on any atom is 0.407 e. The molecule has 2 aromatic rings. The third-order valence-corrected chi connectivity index (χ3v) is 6.63. The molecular weight excluding hydrogens is 462 g/mol. The Kier molecular flexibility index (Phi) is 7.02. The average Bonchev–Trinajstić information content (AvgIpc) is 3.35. The van der Waals surface area contributed by atoms with Crippen LogP contribution in [0.2, 0.25) is 0 Å². The maximum atomic E-state index is 12.8. The summed E-state index contributed by atoms with van der Waals surface area (Å²) in [5.41, 5.74) is 2.91. The lowest BCUT2D eigenvalue weighted by molar-refractivity contribution is -0.145. The number of alkyl halides is 2. The summed E-state index contributed by atoms with van der Waals surface area (Å²) < 4.78 is 36.3. The summed E-state index contributed by atoms with van der Waals surface area (Å²) in [4.78, 5) is 36.7. The largest absolute Gasteiger partial charge is 0.480 e. The van der Waals surface area contributed by atoms with E-state index in [2.05, 4.69) is 10.6 Å². The summed E-state index contributed by atoms with van der Waals surface area (Å²) in [5.74, 6) is -2.51. The van der Waals surface area contributed by atoms with Crippen molar-refractivity contribution in [3.63, 3.8) is 0 Å². The molecule has 8 nitrogen and oxygen atoms in total. The monoisotopic (exact) mass is 488 g/mol. The van der Waals surface area contributed by atoms with Gasteiger partial charge in [0.2, 0.25) is 12.3 Å². The highest BCUT2D eigenvalue weighted by Gasteiger charge is 2.48. The zero-order valence-electron chi connectivity index (χ0n) is 19.0. The normalized spacial score (nSPS) is 21.8. The van der Waals surface area contributed by atoms with Gasteiger partial charge in [0.1, 0.15) is 12.6 Å². The van der Waals surface area contributed by atoms with Gasteiger partial charge in [-0.1, -0.05) is 48.5 Å². The Morgan fingerprint density at radius 1 is 1.11 bits per heavy atom. The van der Waals surface area contributed by atoms with Crippen molar-refractivity contribution in [1.82, 2.24) is 10.6 Å². The molecule has 3 unspecified atom stereocenters. The molecule has 0 saturated carbocycles. The number of amides is 2. The molecule has 0 aromatic heterocycles. The zero-order valence-corrected chi connectivity index (χ0v) is 19.0. The number of carboxylic acid groups (broad SMARTS) is 1. The predicted octanol–water partition coefficient (Wildman–Crippen LogP) is 3.15. The number of carbonyl (C=O) groups is 3. The van der Waals surface area contributed by atoms with Gasteiger partial charge in [-0.2, -0.15) is 0 Å². The molecule has 4 rings (SSSR count). The predicted molar refractivity (Wildman–Crippen MR) is 121 cm³/mol. The van der Waals surface area contributed by atoms with E-state index in [4.69, 9.17) is 14.6 Å². The van der Waals surface area contributed by atoms with Gasteiger partial charge in [0.15, 0.2) is 0 Å². The number of carbonyl (C=O) groups excluding carboxylic acids is 2. The van der Waals surface area contributed by atoms with Crippen LogP contribution in [0.3, 0.4) is 0 Å². The number of benzene rings is 2. The van der Waals surface area contributed by atoms with Crippen LogP contribution in [0.25, 0.3) is 11.1 Å². The van der Waals surface area contributed by atoms with Gasteiger partial charge >= 0.3 is 12.1 Å². The number of alkyl carbamates (subject to hydrolysis) is 1. The molecule has 0 spiro atoms. The van der Waals surface area contributed by atoms with Crippen LogP contribution in [-0.2, 0) is 19.1 Å². The van der Waals surface area contributed by atoms with E-state index in [1.54, 1.807) is 0 Å². The first-order chi connectivity index (χ1) is 16.7. The lowest BCUT2D eigenvalue weighted by Gasteiger charge is -2.30. The van der Waals surface area contributed by atoms with Crippen molar-refractivity contribution in [3.8, 4) is 11.1 Å². The van der Waals surface area contributed by atoms with E-state index in [9.17, 15) is 23.2 Å². The molecule has 10 heteroatoms. The Morgan fingerprint density at radius 3 is 2.29 bits per heavy atom. The van der Waals surface area contributed by atoms with Crippen LogP contribution in [0.5, 0.6) is 0 Å². The molecule has 35 heavy (non-hydrogen) atoms. The van der Waals surface area contributed by atoms with Crippen LogP contribution in [-0.4, -0.2) is 61.4 Å². The van der Waals surface area contributed by atoms with Gasteiger partial charge in [-0.05, 0) is 29.2 Å². The SMILES string of the molecule is CC1(C(=O)NC(CC(F)F)C(=O)O)COCC1NC(=O)OCC1c2ccccc2-c2ccccc21. The first-order valence-electron chi connectivity index (χ1n) is 11.2. The van der Waals surface area contributed by atoms with E-state index in [0.717, 1.165) is 22.3 Å². The van der Waals surface area contributed by atoms with Crippen molar-refractivity contribution in [2.75, 3.05) is 19.8 Å². The van der Waals surface area contributed by atoms with Gasteiger partial charge < -0.3 is 25.2 Å². The van der Waals surface area contributed by atoms with Gasteiger partial charge in [0, 0.05) is 12.3 Å². The number of halogens is 2. The lowest BCUT2D eigenvalue weighted by Crippen LogP contribution is -2.56. The number of hydrogen-bond donors (Lipinski definition) is 3. The van der Waals surface area contributed by atoms with Crippen LogP contribution < -0.4 is 10.6 Å². The quantitative estimate of drug-likeness (QED) is 0.526. The van der Waals surface area contributed by atoms with E-state index in [1.807, 2.05) is 48.5 Å². The van der Waals surface area contributed by atoms with E-state index in [1.165, 1.54) is 6.92 Å². The number of rotatable bonds is 8. The smallest absolute Gasteiger partial charge is 0.407 e. The van der Waals surface area contributed by atoms with Gasteiger partial charge in [0.25, 0.3) is 0 Å². The molecule has 1 heterocycles. The molecule has 2 aliphatic rings. The number of hydrogen-bond acceptors (Lipinski definition) is 5. The third kappa shape index (κ3) is 4.97. The van der Waals surface area contributed by atoms with Gasteiger partial charge in [-0.3, -0.25) is 4.79 Å². The van der Waals surface area contributed by atoms with Crippen LogP contribution in [0.15, 0.2) is 48.5 Å². The number of ether oxygens (including phenoxy) is 2. The Bertz CT molecular complexity index is 1080. The molecule has 1 aliphatic heterocycles. The number of nitrogens with one attached hydrogen (secondary N) is 2. The molecule has 0 radical (unpaired) electrons. The lowest BCUT2D eigenvalue weighted by atomic mass is 9.84. The molecule has 3 atom stereocenters. The van der Waals surface area contributed by atoms with Gasteiger partial charge in [-0.15, -0.1) is 0 Å². The Hall–Kier alpha value is -3.53. The summed E-state index contributed by atoms with van der Waals surface area (Å²) in [6, 6.07) is 13.2. The summed E-state index contributed by atoms with van der Waals surface area (Å²) in [7, 11) is 0. The molecule has 1 aliphatic carbocycles. The summed E-state index contributed by atoms with van der Waals surface area (Å²) in [5, 5.41) is 13.9. The standard InChI is InChI=1S/C25H26F2N2O6/c1-25(23(32)28-19(22(30)31)10-21(26)27)13-34-12-20(25)29-24(33)35-11-18-16-8-4-2-6-14(16)15-7-3-5-9-17(15)18/h2-9,18-21H,10-13H2,1H3,(H,28,32)(H,29,33)(H,30,31). The van der Waals surface area contributed by atoms with Crippen molar-refractivity contribution in [2.24, 2.45) is 5.41 Å². The second kappa shape index (κ2) is 9.99. The molecule has 2 amide bonds. The Labute approximate surface area is 200 Å². The second-order valence-electron chi connectivity index (χ2n) is 8.95. The molecule has 0 bridgehead atoms. The molecule has 1 fully saturated rings. The summed E-state index contributed by atoms with van der Waals surface area (Å²) >= 11 is 0. The highest BCUT2D eigenvalue weighted by Crippen LogP contribution is 2.44. The van der Waals surface area contributed by atoms with E-state index in [0.29, 0.717) is 0 Å². The van der Waals surface area contributed by atoms with Crippen LogP contribution in [0.4, 0.5) is 13.6 Å². The Morgan fingerprint density at radius 2 is 1.71 bits per heavy atom. The minimum Gasteiger partial charge on any atom is -0.480 e.